The predicted molar refractivity (Wildman–Crippen MR) is 52.6 cm³/mol. The van der Waals surface area contributed by atoms with Crippen LogP contribution < -0.4 is 0 Å². The lowest BCUT2D eigenvalue weighted by Gasteiger charge is -2.06. The summed E-state index contributed by atoms with van der Waals surface area (Å²) < 4.78 is 0. The Kier molecular flexibility index (Phi) is 4.24. The van der Waals surface area contributed by atoms with Gasteiger partial charge in [0, 0.05) is 0 Å². The molecule has 1 rings (SSSR count). The van der Waals surface area contributed by atoms with E-state index in [9.17, 15) is 4.79 Å². The molecule has 0 fully saturated rings. The van der Waals surface area contributed by atoms with Gasteiger partial charge >= 0.3 is 0 Å². The van der Waals surface area contributed by atoms with Crippen LogP contribution >= 0.6 is 11.6 Å². The maximum absolute atomic E-state index is 9.79. The van der Waals surface area contributed by atoms with E-state index in [1.165, 1.54) is 6.08 Å². The van der Waals surface area contributed by atoms with Crippen molar-refractivity contribution in [3.63, 3.8) is 0 Å². The molecule has 0 aromatic heterocycles. The van der Waals surface area contributed by atoms with Crippen LogP contribution in [0.1, 0.15) is 17.4 Å². The largest absolute Gasteiger partial charge is 0.234 e. The summed E-state index contributed by atoms with van der Waals surface area (Å²) in [7, 11) is 0. The van der Waals surface area contributed by atoms with E-state index in [1.54, 1.807) is 0 Å². The lowest BCUT2D eigenvalue weighted by molar-refractivity contribution is 0.562. The quantitative estimate of drug-likeness (QED) is 0.413. The number of rotatable bonds is 4. The van der Waals surface area contributed by atoms with Gasteiger partial charge in [-0.15, -0.1) is 11.6 Å². The maximum Gasteiger partial charge on any atom is 0.234 e. The SMILES string of the molecule is O=C=NCCC(Cl)c1ccccc1. The van der Waals surface area contributed by atoms with E-state index in [0.29, 0.717) is 13.0 Å². The lowest BCUT2D eigenvalue weighted by Crippen LogP contribution is -1.92. The zero-order valence-corrected chi connectivity index (χ0v) is 7.87. The Bertz CT molecular complexity index is 293. The zero-order valence-electron chi connectivity index (χ0n) is 7.11. The molecular weight excluding hydrogens is 186 g/mol. The van der Waals surface area contributed by atoms with Crippen molar-refractivity contribution in [3.05, 3.63) is 35.9 Å². The van der Waals surface area contributed by atoms with Crippen LogP contribution in [0, 0.1) is 0 Å². The van der Waals surface area contributed by atoms with E-state index in [1.807, 2.05) is 30.3 Å². The molecule has 0 heterocycles. The summed E-state index contributed by atoms with van der Waals surface area (Å²) in [5.74, 6) is 0. The van der Waals surface area contributed by atoms with Crippen LogP contribution in [-0.4, -0.2) is 12.6 Å². The van der Waals surface area contributed by atoms with Gasteiger partial charge in [0.05, 0.1) is 11.9 Å². The summed E-state index contributed by atoms with van der Waals surface area (Å²) in [6, 6.07) is 9.74. The summed E-state index contributed by atoms with van der Waals surface area (Å²) >= 11 is 6.05. The number of halogens is 1. The highest BCUT2D eigenvalue weighted by molar-refractivity contribution is 6.20. The molecule has 0 bridgehead atoms. The van der Waals surface area contributed by atoms with Crippen LogP contribution in [0.2, 0.25) is 0 Å². The molecule has 3 heteroatoms. The average molecular weight is 196 g/mol. The van der Waals surface area contributed by atoms with Crippen molar-refractivity contribution in [2.45, 2.75) is 11.8 Å². The minimum absolute atomic E-state index is 0.0710. The molecule has 0 saturated carbocycles. The van der Waals surface area contributed by atoms with E-state index in [4.69, 9.17) is 11.6 Å². The van der Waals surface area contributed by atoms with Crippen LogP contribution in [0.3, 0.4) is 0 Å². The summed E-state index contributed by atoms with van der Waals surface area (Å²) in [4.78, 5) is 13.2. The topological polar surface area (TPSA) is 29.4 Å². The molecule has 0 saturated heterocycles. The lowest BCUT2D eigenvalue weighted by atomic mass is 10.1. The second kappa shape index (κ2) is 5.52. The van der Waals surface area contributed by atoms with Gasteiger partial charge in [-0.2, -0.15) is 0 Å². The van der Waals surface area contributed by atoms with Gasteiger partial charge < -0.3 is 0 Å². The minimum Gasteiger partial charge on any atom is -0.211 e. The second-order valence-electron chi connectivity index (χ2n) is 2.64. The number of hydrogen-bond donors (Lipinski definition) is 0. The maximum atomic E-state index is 9.79. The average Bonchev–Trinajstić information content (AvgIpc) is 2.19. The second-order valence-corrected chi connectivity index (χ2v) is 3.17. The number of alkyl halides is 1. The Labute approximate surface area is 82.3 Å². The molecule has 0 aliphatic heterocycles. The van der Waals surface area contributed by atoms with Crippen LogP contribution in [-0.2, 0) is 4.79 Å². The highest BCUT2D eigenvalue weighted by Gasteiger charge is 2.05. The molecule has 0 amide bonds. The van der Waals surface area contributed by atoms with Crippen LogP contribution in [0.5, 0.6) is 0 Å². The third-order valence-electron chi connectivity index (χ3n) is 1.72. The Morgan fingerprint density at radius 1 is 1.38 bits per heavy atom. The molecule has 0 aliphatic carbocycles. The fourth-order valence-corrected chi connectivity index (χ4v) is 1.30. The third kappa shape index (κ3) is 3.41. The molecule has 0 radical (unpaired) electrons. The number of aliphatic imine (C=N–C) groups is 1. The molecule has 0 N–H and O–H groups in total. The predicted octanol–water partition coefficient (Wildman–Crippen LogP) is 2.69. The van der Waals surface area contributed by atoms with E-state index in [-0.39, 0.29) is 5.38 Å². The summed E-state index contributed by atoms with van der Waals surface area (Å²) in [6.45, 7) is 0.437. The molecule has 1 atom stereocenters. The first-order valence-corrected chi connectivity index (χ1v) is 4.51. The van der Waals surface area contributed by atoms with Gasteiger partial charge in [-0.3, -0.25) is 0 Å². The fraction of sp³-hybridized carbons (Fsp3) is 0.300. The standard InChI is InChI=1S/C10H10ClNO/c11-10(6-7-12-8-13)9-4-2-1-3-5-9/h1-5,10H,6-7H2. The van der Waals surface area contributed by atoms with Crippen LogP contribution in [0.15, 0.2) is 35.3 Å². The summed E-state index contributed by atoms with van der Waals surface area (Å²) in [6.07, 6.45) is 2.16. The molecule has 0 spiro atoms. The van der Waals surface area contributed by atoms with Gasteiger partial charge in [0.1, 0.15) is 0 Å². The number of hydrogen-bond acceptors (Lipinski definition) is 2. The first-order valence-electron chi connectivity index (χ1n) is 4.07. The van der Waals surface area contributed by atoms with Crippen LogP contribution in [0.25, 0.3) is 0 Å². The Hall–Kier alpha value is -1.11. The molecule has 1 unspecified atom stereocenters. The Morgan fingerprint density at radius 3 is 2.69 bits per heavy atom. The molecule has 0 aliphatic rings. The normalized spacial score (nSPS) is 11.8. The van der Waals surface area contributed by atoms with Gasteiger partial charge in [-0.05, 0) is 12.0 Å². The minimum atomic E-state index is -0.0710. The summed E-state index contributed by atoms with van der Waals surface area (Å²) in [5.41, 5.74) is 1.06. The van der Waals surface area contributed by atoms with Crippen molar-refractivity contribution in [2.75, 3.05) is 6.54 Å². The van der Waals surface area contributed by atoms with Gasteiger partial charge in [-0.1, -0.05) is 30.3 Å². The Morgan fingerprint density at radius 2 is 2.08 bits per heavy atom. The van der Waals surface area contributed by atoms with Crippen molar-refractivity contribution in [2.24, 2.45) is 4.99 Å². The number of nitrogens with zero attached hydrogens (tertiary/aromatic N) is 1. The first-order chi connectivity index (χ1) is 6.34. The highest BCUT2D eigenvalue weighted by Crippen LogP contribution is 2.23. The molecule has 1 aromatic carbocycles. The molecule has 13 heavy (non-hydrogen) atoms. The van der Waals surface area contributed by atoms with Crippen molar-refractivity contribution in [1.29, 1.82) is 0 Å². The first kappa shape index (κ1) is 9.97. The molecule has 2 nitrogen and oxygen atoms in total. The number of benzene rings is 1. The molecule has 68 valence electrons. The fourth-order valence-electron chi connectivity index (χ4n) is 1.05. The van der Waals surface area contributed by atoms with Crippen molar-refractivity contribution in [3.8, 4) is 0 Å². The van der Waals surface area contributed by atoms with E-state index < -0.39 is 0 Å². The smallest absolute Gasteiger partial charge is 0.211 e. The number of carbonyl (C=O) groups excluding carboxylic acids is 1. The van der Waals surface area contributed by atoms with Gasteiger partial charge in [0.25, 0.3) is 0 Å². The van der Waals surface area contributed by atoms with E-state index in [0.717, 1.165) is 5.56 Å². The molecule has 1 aromatic rings. The van der Waals surface area contributed by atoms with E-state index in [2.05, 4.69) is 4.99 Å². The van der Waals surface area contributed by atoms with Crippen molar-refractivity contribution >= 4 is 17.7 Å². The van der Waals surface area contributed by atoms with Crippen LogP contribution in [0.4, 0.5) is 0 Å². The van der Waals surface area contributed by atoms with E-state index >= 15 is 0 Å². The highest BCUT2D eigenvalue weighted by atomic mass is 35.5. The number of isocyanates is 1. The summed E-state index contributed by atoms with van der Waals surface area (Å²) in [5, 5.41) is -0.0710. The van der Waals surface area contributed by atoms with Crippen molar-refractivity contribution < 1.29 is 4.79 Å². The van der Waals surface area contributed by atoms with Gasteiger partial charge in [0.2, 0.25) is 6.08 Å². The molecular formula is C10H10ClNO. The van der Waals surface area contributed by atoms with Gasteiger partial charge in [0.15, 0.2) is 0 Å². The zero-order chi connectivity index (χ0) is 9.52. The third-order valence-corrected chi connectivity index (χ3v) is 2.19. The monoisotopic (exact) mass is 195 g/mol. The van der Waals surface area contributed by atoms with Crippen molar-refractivity contribution in [1.82, 2.24) is 0 Å². The van der Waals surface area contributed by atoms with Gasteiger partial charge in [-0.25, -0.2) is 9.79 Å². The Balaban J connectivity index is 2.48.